The van der Waals surface area contributed by atoms with E-state index in [4.69, 9.17) is 11.6 Å². The Labute approximate surface area is 103 Å². The first-order chi connectivity index (χ1) is 8.16. The number of hydrogen-bond acceptors (Lipinski definition) is 4. The van der Waals surface area contributed by atoms with E-state index in [1.54, 1.807) is 12.1 Å². The molecule has 0 saturated carbocycles. The van der Waals surface area contributed by atoms with Crippen molar-refractivity contribution in [1.29, 1.82) is 0 Å². The molecule has 0 N–H and O–H groups in total. The number of imide groups is 1. The summed E-state index contributed by atoms with van der Waals surface area (Å²) in [6, 6.07) is 3.34. The number of carbonyl (C=O) groups excluding carboxylic acids is 2. The van der Waals surface area contributed by atoms with Crippen LogP contribution in [0.25, 0.3) is 6.08 Å². The number of ether oxygens (including phenoxy) is 1. The van der Waals surface area contributed by atoms with Gasteiger partial charge in [-0.15, -0.1) is 0 Å². The van der Waals surface area contributed by atoms with Gasteiger partial charge in [0.2, 0.25) is 0 Å². The van der Waals surface area contributed by atoms with Crippen LogP contribution in [0, 0.1) is 0 Å². The molecule has 0 radical (unpaired) electrons. The van der Waals surface area contributed by atoms with E-state index in [2.05, 4.69) is 9.72 Å². The summed E-state index contributed by atoms with van der Waals surface area (Å²) in [5, 5.41) is 0.525. The maximum atomic E-state index is 11.6. The Bertz CT molecular complexity index is 470. The van der Waals surface area contributed by atoms with Crippen LogP contribution < -0.4 is 0 Å². The molecule has 2 heterocycles. The molecule has 0 aromatic carbocycles. The molecule has 0 unspecified atom stereocenters. The van der Waals surface area contributed by atoms with Crippen molar-refractivity contribution in [3.05, 3.63) is 35.1 Å². The Morgan fingerprint density at radius 2 is 2.35 bits per heavy atom. The van der Waals surface area contributed by atoms with Crippen molar-refractivity contribution in [2.45, 2.75) is 0 Å². The van der Waals surface area contributed by atoms with Crippen LogP contribution in [0.4, 0.5) is 4.79 Å². The lowest BCUT2D eigenvalue weighted by atomic mass is 10.3. The van der Waals surface area contributed by atoms with E-state index in [-0.39, 0.29) is 13.2 Å². The highest BCUT2D eigenvalue weighted by Gasteiger charge is 2.26. The normalized spacial score (nSPS) is 15.4. The number of pyridine rings is 1. The smallest absolute Gasteiger partial charge is 0.416 e. The topological polar surface area (TPSA) is 59.5 Å². The molecule has 1 aromatic heterocycles. The third kappa shape index (κ3) is 2.82. The summed E-state index contributed by atoms with van der Waals surface area (Å²) in [6.45, 7) is 0.535. The molecule has 1 fully saturated rings. The van der Waals surface area contributed by atoms with Crippen LogP contribution in [0.15, 0.2) is 24.4 Å². The summed E-state index contributed by atoms with van der Waals surface area (Å²) in [5.74, 6) is -0.413. The van der Waals surface area contributed by atoms with Gasteiger partial charge in [0.05, 0.1) is 17.3 Å². The SMILES string of the molecule is O=C(/C=C/c1ccc(Cl)cn1)N1CCOC1=O. The predicted octanol–water partition coefficient (Wildman–Crippen LogP) is 1.73. The fraction of sp³-hybridized carbons (Fsp3) is 0.182. The van der Waals surface area contributed by atoms with Gasteiger partial charge in [0.15, 0.2) is 0 Å². The van der Waals surface area contributed by atoms with Crippen molar-refractivity contribution in [3.8, 4) is 0 Å². The number of nitrogens with zero attached hydrogens (tertiary/aromatic N) is 2. The zero-order valence-electron chi connectivity index (χ0n) is 8.80. The second-order valence-corrected chi connectivity index (χ2v) is 3.78. The summed E-state index contributed by atoms with van der Waals surface area (Å²) < 4.78 is 4.65. The monoisotopic (exact) mass is 252 g/mol. The first kappa shape index (κ1) is 11.6. The van der Waals surface area contributed by atoms with Gasteiger partial charge in [-0.25, -0.2) is 9.69 Å². The van der Waals surface area contributed by atoms with Crippen molar-refractivity contribution in [3.63, 3.8) is 0 Å². The van der Waals surface area contributed by atoms with E-state index in [1.807, 2.05) is 0 Å². The number of carbonyl (C=O) groups is 2. The van der Waals surface area contributed by atoms with Crippen LogP contribution in [0.1, 0.15) is 5.69 Å². The average molecular weight is 253 g/mol. The summed E-state index contributed by atoms with van der Waals surface area (Å²) in [6.07, 6.45) is 3.67. The Kier molecular flexibility index (Phi) is 3.39. The molecule has 0 aliphatic carbocycles. The van der Waals surface area contributed by atoms with Gasteiger partial charge in [-0.3, -0.25) is 9.78 Å². The lowest BCUT2D eigenvalue weighted by Gasteiger charge is -2.06. The molecule has 5 nitrogen and oxygen atoms in total. The third-order valence-corrected chi connectivity index (χ3v) is 2.40. The summed E-state index contributed by atoms with van der Waals surface area (Å²) in [5.41, 5.74) is 0.593. The van der Waals surface area contributed by atoms with Crippen LogP contribution in [0.2, 0.25) is 5.02 Å². The van der Waals surface area contributed by atoms with E-state index in [0.29, 0.717) is 10.7 Å². The number of aromatic nitrogens is 1. The Balaban J connectivity index is 2.03. The van der Waals surface area contributed by atoms with Crippen LogP contribution in [-0.4, -0.2) is 35.0 Å². The molecular formula is C11H9ClN2O3. The third-order valence-electron chi connectivity index (χ3n) is 2.17. The molecule has 17 heavy (non-hydrogen) atoms. The van der Waals surface area contributed by atoms with Crippen molar-refractivity contribution >= 4 is 29.7 Å². The second kappa shape index (κ2) is 4.97. The minimum Gasteiger partial charge on any atom is -0.447 e. The zero-order valence-corrected chi connectivity index (χ0v) is 9.55. The first-order valence-electron chi connectivity index (χ1n) is 4.95. The number of halogens is 1. The zero-order chi connectivity index (χ0) is 12.3. The standard InChI is InChI=1S/C11H9ClN2O3/c12-8-1-2-9(13-7-8)3-4-10(15)14-5-6-17-11(14)16/h1-4,7H,5-6H2/b4-3+. The Morgan fingerprint density at radius 1 is 1.53 bits per heavy atom. The lowest BCUT2D eigenvalue weighted by Crippen LogP contribution is -2.29. The van der Waals surface area contributed by atoms with E-state index in [9.17, 15) is 9.59 Å². The number of cyclic esters (lactones) is 1. The highest BCUT2D eigenvalue weighted by Crippen LogP contribution is 2.08. The van der Waals surface area contributed by atoms with Crippen molar-refractivity contribution in [2.75, 3.05) is 13.2 Å². The molecule has 1 aliphatic heterocycles. The average Bonchev–Trinajstić information content (AvgIpc) is 2.74. The van der Waals surface area contributed by atoms with Gasteiger partial charge in [-0.05, 0) is 18.2 Å². The Morgan fingerprint density at radius 3 is 2.94 bits per heavy atom. The molecule has 1 saturated heterocycles. The first-order valence-corrected chi connectivity index (χ1v) is 5.32. The highest BCUT2D eigenvalue weighted by molar-refractivity contribution is 6.30. The maximum Gasteiger partial charge on any atom is 0.416 e. The van der Waals surface area contributed by atoms with E-state index >= 15 is 0 Å². The molecule has 2 rings (SSSR count). The second-order valence-electron chi connectivity index (χ2n) is 3.34. The van der Waals surface area contributed by atoms with Crippen molar-refractivity contribution in [1.82, 2.24) is 9.88 Å². The molecule has 0 atom stereocenters. The maximum absolute atomic E-state index is 11.6. The number of amides is 2. The molecule has 1 aromatic rings. The summed E-state index contributed by atoms with van der Waals surface area (Å²) in [7, 11) is 0. The van der Waals surface area contributed by atoms with Crippen LogP contribution in [0.5, 0.6) is 0 Å². The Hall–Kier alpha value is -1.88. The quantitative estimate of drug-likeness (QED) is 0.752. The molecule has 2 amide bonds. The molecule has 88 valence electrons. The van der Waals surface area contributed by atoms with Gasteiger partial charge >= 0.3 is 6.09 Å². The summed E-state index contributed by atoms with van der Waals surface area (Å²) in [4.78, 5) is 27.7. The fourth-order valence-electron chi connectivity index (χ4n) is 1.33. The van der Waals surface area contributed by atoms with Gasteiger partial charge in [0.1, 0.15) is 6.61 Å². The van der Waals surface area contributed by atoms with Crippen molar-refractivity contribution < 1.29 is 14.3 Å². The van der Waals surface area contributed by atoms with Gasteiger partial charge in [0.25, 0.3) is 5.91 Å². The minimum atomic E-state index is -0.608. The van der Waals surface area contributed by atoms with Gasteiger partial charge in [0, 0.05) is 12.3 Å². The fourth-order valence-corrected chi connectivity index (χ4v) is 1.44. The van der Waals surface area contributed by atoms with Gasteiger partial charge in [-0.2, -0.15) is 0 Å². The molecule has 1 aliphatic rings. The lowest BCUT2D eigenvalue weighted by molar-refractivity contribution is -0.122. The van der Waals surface area contributed by atoms with E-state index < -0.39 is 12.0 Å². The minimum absolute atomic E-state index is 0.248. The molecule has 0 bridgehead atoms. The van der Waals surface area contributed by atoms with Crippen LogP contribution >= 0.6 is 11.6 Å². The van der Waals surface area contributed by atoms with E-state index in [1.165, 1.54) is 18.3 Å². The highest BCUT2D eigenvalue weighted by atomic mass is 35.5. The molecular weight excluding hydrogens is 244 g/mol. The number of rotatable bonds is 2. The van der Waals surface area contributed by atoms with Gasteiger partial charge in [-0.1, -0.05) is 11.6 Å². The number of hydrogen-bond donors (Lipinski definition) is 0. The van der Waals surface area contributed by atoms with Crippen LogP contribution in [0.3, 0.4) is 0 Å². The molecule has 0 spiro atoms. The summed E-state index contributed by atoms with van der Waals surface area (Å²) >= 11 is 5.67. The van der Waals surface area contributed by atoms with Gasteiger partial charge < -0.3 is 4.74 Å². The molecule has 6 heteroatoms. The van der Waals surface area contributed by atoms with Crippen LogP contribution in [-0.2, 0) is 9.53 Å². The largest absolute Gasteiger partial charge is 0.447 e. The van der Waals surface area contributed by atoms with E-state index in [0.717, 1.165) is 4.90 Å². The van der Waals surface area contributed by atoms with Crippen molar-refractivity contribution in [2.24, 2.45) is 0 Å². The predicted molar refractivity (Wildman–Crippen MR) is 61.3 cm³/mol.